The Morgan fingerprint density at radius 3 is 2.50 bits per heavy atom. The second kappa shape index (κ2) is 7.26. The molecule has 1 fully saturated rings. The molecular formula is C16H23N3O3. The third kappa shape index (κ3) is 3.76. The van der Waals surface area contributed by atoms with Crippen molar-refractivity contribution in [1.29, 1.82) is 0 Å². The number of hydrogen-bond donors (Lipinski definition) is 2. The van der Waals surface area contributed by atoms with Crippen LogP contribution in [0.15, 0.2) is 24.3 Å². The van der Waals surface area contributed by atoms with Crippen molar-refractivity contribution >= 4 is 11.8 Å². The first-order valence-corrected chi connectivity index (χ1v) is 7.58. The average molecular weight is 305 g/mol. The van der Waals surface area contributed by atoms with Gasteiger partial charge < -0.3 is 9.64 Å². The number of hydrazine groups is 1. The van der Waals surface area contributed by atoms with Gasteiger partial charge in [0.05, 0.1) is 11.7 Å². The van der Waals surface area contributed by atoms with E-state index in [4.69, 9.17) is 10.6 Å². The number of carbonyl (C=O) groups excluding carboxylic acids is 2. The molecule has 1 heterocycles. The summed E-state index contributed by atoms with van der Waals surface area (Å²) in [7, 11) is 0. The van der Waals surface area contributed by atoms with Crippen LogP contribution in [0.4, 0.5) is 0 Å². The molecule has 0 bridgehead atoms. The molecule has 1 aromatic carbocycles. The van der Waals surface area contributed by atoms with Crippen molar-refractivity contribution in [2.75, 3.05) is 13.1 Å². The summed E-state index contributed by atoms with van der Waals surface area (Å²) in [6.45, 7) is 4.95. The maximum Gasteiger partial charge on any atom is 0.257 e. The molecule has 0 aromatic heterocycles. The fourth-order valence-electron chi connectivity index (χ4n) is 2.63. The van der Waals surface area contributed by atoms with Gasteiger partial charge in [0.15, 0.2) is 0 Å². The van der Waals surface area contributed by atoms with Crippen LogP contribution >= 0.6 is 0 Å². The quantitative estimate of drug-likeness (QED) is 0.499. The number of nitrogens with zero attached hydrogens (tertiary/aromatic N) is 1. The van der Waals surface area contributed by atoms with Crippen molar-refractivity contribution < 1.29 is 14.3 Å². The highest BCUT2D eigenvalue weighted by Gasteiger charge is 2.28. The Morgan fingerprint density at radius 1 is 1.27 bits per heavy atom. The van der Waals surface area contributed by atoms with Gasteiger partial charge in [0, 0.05) is 19.0 Å². The van der Waals surface area contributed by atoms with Gasteiger partial charge in [-0.25, -0.2) is 5.84 Å². The van der Waals surface area contributed by atoms with E-state index >= 15 is 0 Å². The summed E-state index contributed by atoms with van der Waals surface area (Å²) in [5.41, 5.74) is 2.75. The standard InChI is InChI=1S/C16H23N3O3/c1-11(2)22-14-6-4-3-5-13(14)16(21)19-9-7-12(8-10-19)15(20)18-17/h3-6,11-12H,7-10,17H2,1-2H3,(H,18,20). The first-order chi connectivity index (χ1) is 10.5. The maximum atomic E-state index is 12.7. The van der Waals surface area contributed by atoms with E-state index in [0.717, 1.165) is 0 Å². The molecule has 3 N–H and O–H groups in total. The van der Waals surface area contributed by atoms with Crippen molar-refractivity contribution in [3.8, 4) is 5.75 Å². The fraction of sp³-hybridized carbons (Fsp3) is 0.500. The Kier molecular flexibility index (Phi) is 5.38. The summed E-state index contributed by atoms with van der Waals surface area (Å²) >= 11 is 0. The zero-order valence-corrected chi connectivity index (χ0v) is 13.0. The Hall–Kier alpha value is -2.08. The fourth-order valence-corrected chi connectivity index (χ4v) is 2.63. The number of rotatable bonds is 4. The summed E-state index contributed by atoms with van der Waals surface area (Å²) in [5, 5.41) is 0. The first-order valence-electron chi connectivity index (χ1n) is 7.58. The van der Waals surface area contributed by atoms with E-state index < -0.39 is 0 Å². The summed E-state index contributed by atoms with van der Waals surface area (Å²) < 4.78 is 5.71. The second-order valence-electron chi connectivity index (χ2n) is 5.74. The summed E-state index contributed by atoms with van der Waals surface area (Å²) in [4.78, 5) is 26.0. The second-order valence-corrected chi connectivity index (χ2v) is 5.74. The normalized spacial score (nSPS) is 15.7. The molecule has 2 amide bonds. The SMILES string of the molecule is CC(C)Oc1ccccc1C(=O)N1CCC(C(=O)NN)CC1. The van der Waals surface area contributed by atoms with E-state index in [0.29, 0.717) is 37.2 Å². The highest BCUT2D eigenvalue weighted by Crippen LogP contribution is 2.24. The third-order valence-electron chi connectivity index (χ3n) is 3.78. The van der Waals surface area contributed by atoms with E-state index in [2.05, 4.69) is 5.43 Å². The van der Waals surface area contributed by atoms with Crippen LogP contribution in [0.1, 0.15) is 37.0 Å². The third-order valence-corrected chi connectivity index (χ3v) is 3.78. The maximum absolute atomic E-state index is 12.7. The van der Waals surface area contributed by atoms with Gasteiger partial charge in [-0.05, 0) is 38.8 Å². The number of carbonyl (C=O) groups is 2. The van der Waals surface area contributed by atoms with Gasteiger partial charge in [0.25, 0.3) is 5.91 Å². The van der Waals surface area contributed by atoms with E-state index in [9.17, 15) is 9.59 Å². The number of ether oxygens (including phenoxy) is 1. The van der Waals surface area contributed by atoms with Crippen molar-refractivity contribution in [2.45, 2.75) is 32.8 Å². The molecule has 6 nitrogen and oxygen atoms in total. The lowest BCUT2D eigenvalue weighted by Crippen LogP contribution is -2.44. The van der Waals surface area contributed by atoms with Gasteiger partial charge in [0.2, 0.25) is 5.91 Å². The monoisotopic (exact) mass is 305 g/mol. The molecule has 120 valence electrons. The molecule has 0 aliphatic carbocycles. The molecule has 1 aliphatic rings. The lowest BCUT2D eigenvalue weighted by molar-refractivity contribution is -0.126. The van der Waals surface area contributed by atoms with E-state index in [-0.39, 0.29) is 23.8 Å². The molecule has 1 saturated heterocycles. The molecule has 1 aromatic rings. The summed E-state index contributed by atoms with van der Waals surface area (Å²) in [5.74, 6) is 5.43. The number of nitrogens with one attached hydrogen (secondary N) is 1. The van der Waals surface area contributed by atoms with Crippen molar-refractivity contribution in [3.63, 3.8) is 0 Å². The van der Waals surface area contributed by atoms with Crippen LogP contribution in [0, 0.1) is 5.92 Å². The van der Waals surface area contributed by atoms with Gasteiger partial charge in [-0.2, -0.15) is 0 Å². The van der Waals surface area contributed by atoms with Crippen molar-refractivity contribution in [2.24, 2.45) is 11.8 Å². The predicted octanol–water partition coefficient (Wildman–Crippen LogP) is 1.32. The van der Waals surface area contributed by atoms with Crippen LogP contribution in [0.3, 0.4) is 0 Å². The molecule has 0 radical (unpaired) electrons. The number of hydrogen-bond acceptors (Lipinski definition) is 4. The lowest BCUT2D eigenvalue weighted by atomic mass is 9.95. The highest BCUT2D eigenvalue weighted by atomic mass is 16.5. The van der Waals surface area contributed by atoms with Crippen molar-refractivity contribution in [1.82, 2.24) is 10.3 Å². The Morgan fingerprint density at radius 2 is 1.91 bits per heavy atom. The number of amides is 2. The van der Waals surface area contributed by atoms with Crippen LogP contribution < -0.4 is 16.0 Å². The molecule has 0 atom stereocenters. The summed E-state index contributed by atoms with van der Waals surface area (Å²) in [6.07, 6.45) is 1.26. The molecule has 0 unspecified atom stereocenters. The Labute approximate surface area is 130 Å². The number of nitrogens with two attached hydrogens (primary N) is 1. The largest absolute Gasteiger partial charge is 0.490 e. The summed E-state index contributed by atoms with van der Waals surface area (Å²) in [6, 6.07) is 7.27. The smallest absolute Gasteiger partial charge is 0.257 e. The molecule has 0 saturated carbocycles. The first kappa shape index (κ1) is 16.3. The minimum absolute atomic E-state index is 0.00735. The predicted molar refractivity (Wildman–Crippen MR) is 83.2 cm³/mol. The average Bonchev–Trinajstić information content (AvgIpc) is 2.53. The van der Waals surface area contributed by atoms with Crippen LogP contribution in [0.25, 0.3) is 0 Å². The van der Waals surface area contributed by atoms with Gasteiger partial charge in [-0.1, -0.05) is 12.1 Å². The van der Waals surface area contributed by atoms with E-state index in [1.807, 2.05) is 32.0 Å². The number of piperidine rings is 1. The minimum Gasteiger partial charge on any atom is -0.490 e. The molecule has 22 heavy (non-hydrogen) atoms. The number of para-hydroxylation sites is 1. The molecular weight excluding hydrogens is 282 g/mol. The Balaban J connectivity index is 2.06. The van der Waals surface area contributed by atoms with Crippen LogP contribution in [-0.2, 0) is 4.79 Å². The van der Waals surface area contributed by atoms with Crippen LogP contribution in [-0.4, -0.2) is 35.9 Å². The van der Waals surface area contributed by atoms with Gasteiger partial charge in [-0.3, -0.25) is 15.0 Å². The van der Waals surface area contributed by atoms with Gasteiger partial charge in [0.1, 0.15) is 5.75 Å². The minimum atomic E-state index is -0.157. The Bertz CT molecular complexity index is 537. The molecule has 2 rings (SSSR count). The van der Waals surface area contributed by atoms with Crippen LogP contribution in [0.5, 0.6) is 5.75 Å². The van der Waals surface area contributed by atoms with Gasteiger partial charge >= 0.3 is 0 Å². The zero-order valence-electron chi connectivity index (χ0n) is 13.0. The zero-order chi connectivity index (χ0) is 16.1. The molecule has 0 spiro atoms. The molecule has 1 aliphatic heterocycles. The van der Waals surface area contributed by atoms with Gasteiger partial charge in [-0.15, -0.1) is 0 Å². The number of likely N-dealkylation sites (tertiary alicyclic amines) is 1. The molecule has 6 heteroatoms. The van der Waals surface area contributed by atoms with Crippen LogP contribution in [0.2, 0.25) is 0 Å². The topological polar surface area (TPSA) is 84.7 Å². The van der Waals surface area contributed by atoms with E-state index in [1.54, 1.807) is 11.0 Å². The highest BCUT2D eigenvalue weighted by molar-refractivity contribution is 5.97. The van der Waals surface area contributed by atoms with E-state index in [1.165, 1.54) is 0 Å². The number of benzene rings is 1. The lowest BCUT2D eigenvalue weighted by Gasteiger charge is -2.31. The van der Waals surface area contributed by atoms with Crippen molar-refractivity contribution in [3.05, 3.63) is 29.8 Å².